The molecule has 4 nitrogen and oxygen atoms in total. The molecule has 0 unspecified atom stereocenters. The van der Waals surface area contributed by atoms with Crippen LogP contribution in [0.2, 0.25) is 0 Å². The fourth-order valence-corrected chi connectivity index (χ4v) is 6.24. The smallest absolute Gasteiger partial charge is 0.164 e. The fraction of sp³-hybridized carbons (Fsp3) is 0. The van der Waals surface area contributed by atoms with E-state index in [1.54, 1.807) is 0 Å². The highest BCUT2D eigenvalue weighted by Gasteiger charge is 2.15. The molecular formula is C41H25N3O. The number of rotatable bonds is 4. The summed E-state index contributed by atoms with van der Waals surface area (Å²) >= 11 is 0. The van der Waals surface area contributed by atoms with Gasteiger partial charge in [0.1, 0.15) is 11.2 Å². The number of hydrogen-bond donors (Lipinski definition) is 0. The van der Waals surface area contributed by atoms with Crippen molar-refractivity contribution in [2.24, 2.45) is 0 Å². The first-order chi connectivity index (χ1) is 22.3. The monoisotopic (exact) mass is 575 g/mol. The quantitative estimate of drug-likeness (QED) is 0.209. The molecule has 9 aromatic rings. The largest absolute Gasteiger partial charge is 0.456 e. The van der Waals surface area contributed by atoms with E-state index in [0.29, 0.717) is 17.5 Å². The molecule has 0 aliphatic carbocycles. The van der Waals surface area contributed by atoms with Gasteiger partial charge in [-0.3, -0.25) is 0 Å². The molecule has 7 aromatic carbocycles. The predicted molar refractivity (Wildman–Crippen MR) is 184 cm³/mol. The zero-order valence-electron chi connectivity index (χ0n) is 24.2. The maximum atomic E-state index is 6.23. The Bertz CT molecular complexity index is 2550. The summed E-state index contributed by atoms with van der Waals surface area (Å²) in [5, 5.41) is 6.85. The van der Waals surface area contributed by atoms with Crippen molar-refractivity contribution in [3.8, 4) is 45.3 Å². The van der Waals surface area contributed by atoms with Crippen LogP contribution in [0.15, 0.2) is 156 Å². The Labute approximate surface area is 259 Å². The van der Waals surface area contributed by atoms with E-state index in [1.165, 1.54) is 5.39 Å². The van der Waals surface area contributed by atoms with Crippen molar-refractivity contribution in [2.45, 2.75) is 0 Å². The minimum atomic E-state index is 0.636. The van der Waals surface area contributed by atoms with Crippen LogP contribution in [-0.4, -0.2) is 15.0 Å². The summed E-state index contributed by atoms with van der Waals surface area (Å²) in [6.45, 7) is 0. The van der Waals surface area contributed by atoms with Crippen LogP contribution < -0.4 is 0 Å². The molecular weight excluding hydrogens is 550 g/mol. The van der Waals surface area contributed by atoms with Gasteiger partial charge in [-0.2, -0.15) is 0 Å². The van der Waals surface area contributed by atoms with Crippen molar-refractivity contribution in [3.05, 3.63) is 152 Å². The zero-order chi connectivity index (χ0) is 29.7. The average Bonchev–Trinajstić information content (AvgIpc) is 3.49. The minimum absolute atomic E-state index is 0.636. The molecule has 0 aliphatic rings. The summed E-state index contributed by atoms with van der Waals surface area (Å²) in [6, 6.07) is 52.3. The second-order valence-corrected chi connectivity index (χ2v) is 11.3. The molecule has 0 fully saturated rings. The second kappa shape index (κ2) is 10.2. The number of para-hydroxylation sites is 1. The highest BCUT2D eigenvalue weighted by molar-refractivity contribution is 6.07. The van der Waals surface area contributed by atoms with Gasteiger partial charge < -0.3 is 4.42 Å². The highest BCUT2D eigenvalue weighted by atomic mass is 16.3. The summed E-state index contributed by atoms with van der Waals surface area (Å²) in [5.74, 6) is 1.93. The molecule has 0 atom stereocenters. The van der Waals surface area contributed by atoms with Gasteiger partial charge in [0.25, 0.3) is 0 Å². The van der Waals surface area contributed by atoms with Crippen LogP contribution >= 0.6 is 0 Å². The molecule has 0 radical (unpaired) electrons. The predicted octanol–water partition coefficient (Wildman–Crippen LogP) is 10.7. The lowest BCUT2D eigenvalue weighted by atomic mass is 9.96. The van der Waals surface area contributed by atoms with Gasteiger partial charge >= 0.3 is 0 Å². The molecule has 210 valence electrons. The standard InChI is InChI=1S/C41H25N3O/c1-2-10-28(11-3-1)39-42-40(31-19-17-26-9-4-5-12-29(26)23-31)44-41(43-39)32-20-18-27-13-8-15-33(36(27)24-32)30-21-22-35-34-14-6-7-16-37(34)45-38(35)25-30/h1-25H. The van der Waals surface area contributed by atoms with Crippen LogP contribution in [0.25, 0.3) is 88.8 Å². The molecule has 2 aromatic heterocycles. The SMILES string of the molecule is c1ccc(-c2nc(-c3ccc4ccccc4c3)nc(-c3ccc4cccc(-c5ccc6c(c5)oc5ccccc56)c4c3)n2)cc1. The van der Waals surface area contributed by atoms with E-state index < -0.39 is 0 Å². The zero-order valence-corrected chi connectivity index (χ0v) is 24.2. The Morgan fingerprint density at radius 1 is 0.333 bits per heavy atom. The number of nitrogens with zero attached hydrogens (tertiary/aromatic N) is 3. The lowest BCUT2D eigenvalue weighted by molar-refractivity contribution is 0.669. The molecule has 0 spiro atoms. The molecule has 0 saturated heterocycles. The van der Waals surface area contributed by atoms with E-state index in [-0.39, 0.29) is 0 Å². The van der Waals surface area contributed by atoms with E-state index in [2.05, 4.69) is 103 Å². The van der Waals surface area contributed by atoms with Crippen molar-refractivity contribution in [1.29, 1.82) is 0 Å². The van der Waals surface area contributed by atoms with Crippen molar-refractivity contribution in [1.82, 2.24) is 15.0 Å². The van der Waals surface area contributed by atoms with Crippen molar-refractivity contribution >= 4 is 43.5 Å². The molecule has 0 saturated carbocycles. The lowest BCUT2D eigenvalue weighted by Crippen LogP contribution is -2.00. The molecule has 0 bridgehead atoms. The normalized spacial score (nSPS) is 11.6. The van der Waals surface area contributed by atoms with Gasteiger partial charge in [0.05, 0.1) is 0 Å². The van der Waals surface area contributed by atoms with Gasteiger partial charge in [-0.05, 0) is 63.0 Å². The summed E-state index contributed by atoms with van der Waals surface area (Å²) in [7, 11) is 0. The van der Waals surface area contributed by atoms with Gasteiger partial charge in [0.2, 0.25) is 0 Å². The van der Waals surface area contributed by atoms with Crippen molar-refractivity contribution in [2.75, 3.05) is 0 Å². The van der Waals surface area contributed by atoms with Crippen LogP contribution in [0.4, 0.5) is 0 Å². The summed E-state index contributed by atoms with van der Waals surface area (Å²) < 4.78 is 6.23. The fourth-order valence-electron chi connectivity index (χ4n) is 6.24. The van der Waals surface area contributed by atoms with Crippen molar-refractivity contribution in [3.63, 3.8) is 0 Å². The van der Waals surface area contributed by atoms with Gasteiger partial charge in [0, 0.05) is 27.5 Å². The molecule has 2 heterocycles. The Kier molecular flexibility index (Phi) is 5.78. The molecule has 9 rings (SSSR count). The molecule has 0 aliphatic heterocycles. The van der Waals surface area contributed by atoms with Gasteiger partial charge in [0.15, 0.2) is 17.5 Å². The van der Waals surface area contributed by atoms with Crippen LogP contribution in [0.3, 0.4) is 0 Å². The van der Waals surface area contributed by atoms with E-state index in [0.717, 1.165) is 65.9 Å². The third kappa shape index (κ3) is 4.43. The number of hydrogen-bond acceptors (Lipinski definition) is 4. The minimum Gasteiger partial charge on any atom is -0.456 e. The summed E-state index contributed by atoms with van der Waals surface area (Å²) in [4.78, 5) is 15.0. The first kappa shape index (κ1) is 25.4. The summed E-state index contributed by atoms with van der Waals surface area (Å²) in [5.41, 5.74) is 6.84. The van der Waals surface area contributed by atoms with Gasteiger partial charge in [-0.1, -0.05) is 121 Å². The number of aromatic nitrogens is 3. The van der Waals surface area contributed by atoms with Crippen LogP contribution in [0.1, 0.15) is 0 Å². The van der Waals surface area contributed by atoms with E-state index in [4.69, 9.17) is 19.4 Å². The first-order valence-corrected chi connectivity index (χ1v) is 15.0. The van der Waals surface area contributed by atoms with Crippen LogP contribution in [0, 0.1) is 0 Å². The number of benzene rings is 7. The maximum absolute atomic E-state index is 6.23. The number of furan rings is 1. The summed E-state index contributed by atoms with van der Waals surface area (Å²) in [6.07, 6.45) is 0. The van der Waals surface area contributed by atoms with E-state index in [1.807, 2.05) is 48.5 Å². The Morgan fingerprint density at radius 2 is 0.956 bits per heavy atom. The number of fused-ring (bicyclic) bond motifs is 5. The second-order valence-electron chi connectivity index (χ2n) is 11.3. The van der Waals surface area contributed by atoms with Gasteiger partial charge in [-0.25, -0.2) is 15.0 Å². The highest BCUT2D eigenvalue weighted by Crippen LogP contribution is 2.36. The molecule has 0 amide bonds. The molecule has 4 heteroatoms. The lowest BCUT2D eigenvalue weighted by Gasteiger charge is -2.11. The first-order valence-electron chi connectivity index (χ1n) is 15.0. The van der Waals surface area contributed by atoms with E-state index in [9.17, 15) is 0 Å². The third-order valence-corrected chi connectivity index (χ3v) is 8.51. The third-order valence-electron chi connectivity index (χ3n) is 8.51. The Hall–Kier alpha value is -6.13. The maximum Gasteiger partial charge on any atom is 0.164 e. The Balaban J connectivity index is 1.21. The molecule has 45 heavy (non-hydrogen) atoms. The topological polar surface area (TPSA) is 51.8 Å². The molecule has 0 N–H and O–H groups in total. The Morgan fingerprint density at radius 3 is 1.80 bits per heavy atom. The van der Waals surface area contributed by atoms with Crippen molar-refractivity contribution < 1.29 is 4.42 Å². The van der Waals surface area contributed by atoms with Crippen LogP contribution in [-0.2, 0) is 0 Å². The van der Waals surface area contributed by atoms with Gasteiger partial charge in [-0.15, -0.1) is 0 Å². The average molecular weight is 576 g/mol. The van der Waals surface area contributed by atoms with Crippen LogP contribution in [0.5, 0.6) is 0 Å². The van der Waals surface area contributed by atoms with E-state index >= 15 is 0 Å².